The SMILES string of the molecule is O=C(O)CCN(C(=O)NC1CC2CCC1C2)C1CC1. The maximum Gasteiger partial charge on any atom is 0.317 e. The lowest BCUT2D eigenvalue weighted by atomic mass is 9.95. The van der Waals surface area contributed by atoms with E-state index in [0.717, 1.165) is 25.2 Å². The zero-order valence-electron chi connectivity index (χ0n) is 11.2. The summed E-state index contributed by atoms with van der Waals surface area (Å²) in [6.07, 6.45) is 7.03. The van der Waals surface area contributed by atoms with Crippen LogP contribution in [0.25, 0.3) is 0 Å². The topological polar surface area (TPSA) is 69.6 Å². The fourth-order valence-corrected chi connectivity index (χ4v) is 3.72. The van der Waals surface area contributed by atoms with Gasteiger partial charge < -0.3 is 15.3 Å². The molecule has 3 saturated carbocycles. The molecule has 0 heterocycles. The summed E-state index contributed by atoms with van der Waals surface area (Å²) in [5.41, 5.74) is 0. The summed E-state index contributed by atoms with van der Waals surface area (Å²) in [5, 5.41) is 11.9. The standard InChI is InChI=1S/C14H22N2O3/c17-13(18)5-6-16(11-3-4-11)14(19)15-12-8-9-1-2-10(12)7-9/h9-12H,1-8H2,(H,15,19)(H,17,18). The second kappa shape index (κ2) is 5.02. The lowest BCUT2D eigenvalue weighted by Crippen LogP contribution is -2.48. The Bertz CT molecular complexity index is 381. The van der Waals surface area contributed by atoms with E-state index in [-0.39, 0.29) is 18.5 Å². The first-order chi connectivity index (χ1) is 9.13. The molecule has 0 radical (unpaired) electrons. The fourth-order valence-electron chi connectivity index (χ4n) is 3.72. The highest BCUT2D eigenvalue weighted by atomic mass is 16.4. The first-order valence-corrected chi connectivity index (χ1v) is 7.42. The number of hydrogen-bond acceptors (Lipinski definition) is 2. The Morgan fingerprint density at radius 3 is 2.47 bits per heavy atom. The number of carbonyl (C=O) groups excluding carboxylic acids is 1. The molecule has 3 unspecified atom stereocenters. The molecular formula is C14H22N2O3. The Balaban J connectivity index is 1.53. The van der Waals surface area contributed by atoms with Gasteiger partial charge in [-0.05, 0) is 43.9 Å². The summed E-state index contributed by atoms with van der Waals surface area (Å²) in [7, 11) is 0. The lowest BCUT2D eigenvalue weighted by molar-refractivity contribution is -0.137. The molecule has 5 heteroatoms. The van der Waals surface area contributed by atoms with E-state index in [1.807, 2.05) is 0 Å². The number of hydrogen-bond donors (Lipinski definition) is 2. The first-order valence-electron chi connectivity index (χ1n) is 7.42. The zero-order chi connectivity index (χ0) is 13.4. The van der Waals surface area contributed by atoms with Crippen LogP contribution in [0.5, 0.6) is 0 Å². The number of carboxylic acids is 1. The number of rotatable bonds is 5. The summed E-state index contributed by atoms with van der Waals surface area (Å²) in [6.45, 7) is 0.340. The van der Waals surface area contributed by atoms with Gasteiger partial charge in [-0.15, -0.1) is 0 Å². The normalized spacial score (nSPS) is 32.3. The molecule has 0 aliphatic heterocycles. The maximum absolute atomic E-state index is 12.3. The Kier molecular flexibility index (Phi) is 3.37. The van der Waals surface area contributed by atoms with Crippen LogP contribution in [0.3, 0.4) is 0 Å². The van der Waals surface area contributed by atoms with Crippen molar-refractivity contribution >= 4 is 12.0 Å². The van der Waals surface area contributed by atoms with Gasteiger partial charge in [0.05, 0.1) is 6.42 Å². The number of nitrogens with zero attached hydrogens (tertiary/aromatic N) is 1. The third kappa shape index (κ3) is 2.85. The van der Waals surface area contributed by atoms with Crippen LogP contribution in [0.4, 0.5) is 4.79 Å². The van der Waals surface area contributed by atoms with E-state index in [9.17, 15) is 9.59 Å². The van der Waals surface area contributed by atoms with Gasteiger partial charge in [0, 0.05) is 18.6 Å². The van der Waals surface area contributed by atoms with Crippen LogP contribution < -0.4 is 5.32 Å². The third-order valence-electron chi connectivity index (χ3n) is 4.86. The molecule has 3 atom stereocenters. The average Bonchev–Trinajstić information content (AvgIpc) is 2.97. The molecule has 5 nitrogen and oxygen atoms in total. The second-order valence-corrected chi connectivity index (χ2v) is 6.30. The molecule has 2 N–H and O–H groups in total. The molecule has 3 rings (SSSR count). The Hall–Kier alpha value is -1.26. The van der Waals surface area contributed by atoms with Gasteiger partial charge >= 0.3 is 12.0 Å². The summed E-state index contributed by atoms with van der Waals surface area (Å²) < 4.78 is 0. The number of carbonyl (C=O) groups is 2. The number of carboxylic acid groups (broad SMARTS) is 1. The van der Waals surface area contributed by atoms with Crippen molar-refractivity contribution in [2.24, 2.45) is 11.8 Å². The van der Waals surface area contributed by atoms with Gasteiger partial charge in [0.2, 0.25) is 0 Å². The van der Waals surface area contributed by atoms with E-state index >= 15 is 0 Å². The molecule has 0 spiro atoms. The molecule has 0 aromatic rings. The summed E-state index contributed by atoms with van der Waals surface area (Å²) in [4.78, 5) is 24.7. The highest BCUT2D eigenvalue weighted by Crippen LogP contribution is 2.44. The van der Waals surface area contributed by atoms with E-state index in [2.05, 4.69) is 5.32 Å². The van der Waals surface area contributed by atoms with Crippen molar-refractivity contribution in [1.82, 2.24) is 10.2 Å². The van der Waals surface area contributed by atoms with Crippen molar-refractivity contribution in [3.05, 3.63) is 0 Å². The zero-order valence-corrected chi connectivity index (χ0v) is 11.2. The second-order valence-electron chi connectivity index (χ2n) is 6.30. The van der Waals surface area contributed by atoms with E-state index in [4.69, 9.17) is 5.11 Å². The molecule has 19 heavy (non-hydrogen) atoms. The molecule has 0 aromatic carbocycles. The van der Waals surface area contributed by atoms with Crippen LogP contribution in [-0.4, -0.2) is 40.6 Å². The highest BCUT2D eigenvalue weighted by Gasteiger charge is 2.41. The quantitative estimate of drug-likeness (QED) is 0.797. The van der Waals surface area contributed by atoms with Crippen LogP contribution in [0.1, 0.15) is 44.9 Å². The molecule has 2 bridgehead atoms. The van der Waals surface area contributed by atoms with Crippen molar-refractivity contribution < 1.29 is 14.7 Å². The molecular weight excluding hydrogens is 244 g/mol. The lowest BCUT2D eigenvalue weighted by Gasteiger charge is -2.28. The van der Waals surface area contributed by atoms with Crippen molar-refractivity contribution in [3.63, 3.8) is 0 Å². The van der Waals surface area contributed by atoms with Crippen molar-refractivity contribution in [2.75, 3.05) is 6.54 Å². The van der Waals surface area contributed by atoms with E-state index in [1.165, 1.54) is 19.3 Å². The van der Waals surface area contributed by atoms with Crippen molar-refractivity contribution in [1.29, 1.82) is 0 Å². The van der Waals surface area contributed by atoms with Gasteiger partial charge in [-0.25, -0.2) is 4.79 Å². The molecule has 106 valence electrons. The van der Waals surface area contributed by atoms with E-state index in [1.54, 1.807) is 4.90 Å². The van der Waals surface area contributed by atoms with Crippen LogP contribution in [0.15, 0.2) is 0 Å². The average molecular weight is 266 g/mol. The van der Waals surface area contributed by atoms with Gasteiger partial charge in [0.1, 0.15) is 0 Å². The molecule has 3 aliphatic rings. The molecule has 0 saturated heterocycles. The van der Waals surface area contributed by atoms with Gasteiger partial charge in [-0.2, -0.15) is 0 Å². The first kappa shape index (κ1) is 12.8. The minimum Gasteiger partial charge on any atom is -0.481 e. The number of urea groups is 1. The number of fused-ring (bicyclic) bond motifs is 2. The van der Waals surface area contributed by atoms with Gasteiger partial charge in [0.25, 0.3) is 0 Å². The summed E-state index contributed by atoms with van der Waals surface area (Å²) in [5.74, 6) is 0.636. The minimum absolute atomic E-state index is 0.0405. The molecule has 0 aromatic heterocycles. The number of amides is 2. The van der Waals surface area contributed by atoms with Crippen molar-refractivity contribution in [2.45, 2.75) is 57.0 Å². The molecule has 3 aliphatic carbocycles. The van der Waals surface area contributed by atoms with Gasteiger partial charge in [0.15, 0.2) is 0 Å². The van der Waals surface area contributed by atoms with Crippen LogP contribution in [0.2, 0.25) is 0 Å². The Morgan fingerprint density at radius 2 is 1.95 bits per heavy atom. The number of aliphatic carboxylic acids is 1. The van der Waals surface area contributed by atoms with E-state index < -0.39 is 5.97 Å². The van der Waals surface area contributed by atoms with Crippen LogP contribution >= 0.6 is 0 Å². The van der Waals surface area contributed by atoms with Gasteiger partial charge in [-0.1, -0.05) is 6.42 Å². The molecule has 2 amide bonds. The monoisotopic (exact) mass is 266 g/mol. The maximum atomic E-state index is 12.3. The van der Waals surface area contributed by atoms with Crippen molar-refractivity contribution in [3.8, 4) is 0 Å². The predicted molar refractivity (Wildman–Crippen MR) is 69.7 cm³/mol. The Labute approximate surface area is 113 Å². The predicted octanol–water partition coefficient (Wildman–Crippen LogP) is 1.82. The highest BCUT2D eigenvalue weighted by molar-refractivity contribution is 5.76. The van der Waals surface area contributed by atoms with E-state index in [0.29, 0.717) is 18.5 Å². The molecule has 3 fully saturated rings. The minimum atomic E-state index is -0.835. The van der Waals surface area contributed by atoms with Crippen LogP contribution in [-0.2, 0) is 4.79 Å². The largest absolute Gasteiger partial charge is 0.481 e. The van der Waals surface area contributed by atoms with Gasteiger partial charge in [-0.3, -0.25) is 4.79 Å². The summed E-state index contributed by atoms with van der Waals surface area (Å²) >= 11 is 0. The smallest absolute Gasteiger partial charge is 0.317 e. The summed E-state index contributed by atoms with van der Waals surface area (Å²) in [6, 6.07) is 0.566. The van der Waals surface area contributed by atoms with Crippen LogP contribution in [0, 0.1) is 11.8 Å². The fraction of sp³-hybridized carbons (Fsp3) is 0.857. The Morgan fingerprint density at radius 1 is 1.16 bits per heavy atom. The number of nitrogens with one attached hydrogen (secondary N) is 1. The third-order valence-corrected chi connectivity index (χ3v) is 4.86.